The summed E-state index contributed by atoms with van der Waals surface area (Å²) in [4.78, 5) is 21.6. The molecule has 1 aromatic rings. The van der Waals surface area contributed by atoms with Gasteiger partial charge in [-0.2, -0.15) is 0 Å². The molecule has 0 spiro atoms. The molecule has 2 rings (SSSR count). The van der Waals surface area contributed by atoms with Crippen LogP contribution in [-0.4, -0.2) is 28.1 Å². The molecule has 1 atom stereocenters. The number of aliphatic carboxylic acids is 1. The monoisotopic (exact) mass is 344 g/mol. The fraction of sp³-hybridized carbons (Fsp3) is 0.417. The Morgan fingerprint density at radius 1 is 1.60 bits per heavy atom. The second kappa shape index (κ2) is 5.37. The summed E-state index contributed by atoms with van der Waals surface area (Å²) in [6.07, 6.45) is 1.46. The van der Waals surface area contributed by atoms with Gasteiger partial charge < -0.3 is 15.6 Å². The minimum absolute atomic E-state index is 0.00919. The van der Waals surface area contributed by atoms with E-state index in [-0.39, 0.29) is 24.0 Å². The Kier molecular flexibility index (Phi) is 3.96. The molecular formula is C12H13BrN2O5. The maximum Gasteiger partial charge on any atom is 0.327 e. The van der Waals surface area contributed by atoms with Crippen LogP contribution in [0, 0.1) is 16.0 Å². The highest BCUT2D eigenvalue weighted by atomic mass is 79.9. The topological polar surface area (TPSA) is 116 Å². The molecular weight excluding hydrogens is 332 g/mol. The Morgan fingerprint density at radius 2 is 2.25 bits per heavy atom. The van der Waals surface area contributed by atoms with Crippen LogP contribution in [0.5, 0.6) is 5.75 Å². The number of nitro groups is 1. The first-order valence-electron chi connectivity index (χ1n) is 5.93. The molecule has 0 amide bonds. The molecule has 108 valence electrons. The molecule has 0 aromatic heterocycles. The second-order valence-electron chi connectivity index (χ2n) is 4.78. The average molecular weight is 345 g/mol. The van der Waals surface area contributed by atoms with Gasteiger partial charge in [-0.05, 0) is 30.9 Å². The Labute approximate surface area is 123 Å². The number of rotatable bonds is 6. The van der Waals surface area contributed by atoms with E-state index in [0.717, 1.165) is 12.8 Å². The Hall–Kier alpha value is -1.67. The lowest BCUT2D eigenvalue weighted by Crippen LogP contribution is -2.54. The molecule has 1 saturated carbocycles. The predicted molar refractivity (Wildman–Crippen MR) is 73.6 cm³/mol. The summed E-state index contributed by atoms with van der Waals surface area (Å²) < 4.78 is 5.85. The zero-order valence-electron chi connectivity index (χ0n) is 10.4. The quantitative estimate of drug-likeness (QED) is 0.601. The van der Waals surface area contributed by atoms with E-state index in [2.05, 4.69) is 15.9 Å². The van der Waals surface area contributed by atoms with Crippen molar-refractivity contribution in [1.29, 1.82) is 0 Å². The fourth-order valence-electron chi connectivity index (χ4n) is 1.91. The molecule has 0 radical (unpaired) electrons. The summed E-state index contributed by atoms with van der Waals surface area (Å²) in [6, 6.07) is 4.29. The molecule has 0 bridgehead atoms. The van der Waals surface area contributed by atoms with Gasteiger partial charge in [-0.3, -0.25) is 14.9 Å². The molecule has 7 nitrogen and oxygen atoms in total. The SMILES string of the molecule is NC(COc1ccc(Br)cc1[N+](=O)[O-])(C(=O)O)C1CC1. The predicted octanol–water partition coefficient (Wildman–Crippen LogP) is 1.93. The van der Waals surface area contributed by atoms with Crippen molar-refractivity contribution in [3.8, 4) is 5.75 Å². The summed E-state index contributed by atoms with van der Waals surface area (Å²) in [6.45, 7) is -0.296. The summed E-state index contributed by atoms with van der Waals surface area (Å²) in [5.41, 5.74) is 4.11. The summed E-state index contributed by atoms with van der Waals surface area (Å²) >= 11 is 3.13. The van der Waals surface area contributed by atoms with Crippen molar-refractivity contribution in [3.05, 3.63) is 32.8 Å². The van der Waals surface area contributed by atoms with Crippen LogP contribution in [0.15, 0.2) is 22.7 Å². The van der Waals surface area contributed by atoms with Crippen molar-refractivity contribution in [1.82, 2.24) is 0 Å². The zero-order valence-corrected chi connectivity index (χ0v) is 12.0. The molecule has 1 unspecified atom stereocenters. The lowest BCUT2D eigenvalue weighted by molar-refractivity contribution is -0.386. The number of nitrogens with zero attached hydrogens (tertiary/aromatic N) is 1. The molecule has 0 heterocycles. The summed E-state index contributed by atoms with van der Waals surface area (Å²) in [5.74, 6) is -1.29. The number of halogens is 1. The van der Waals surface area contributed by atoms with Crippen LogP contribution in [-0.2, 0) is 4.79 Å². The summed E-state index contributed by atoms with van der Waals surface area (Å²) in [7, 11) is 0. The number of carbonyl (C=O) groups is 1. The Bertz CT molecular complexity index is 561. The van der Waals surface area contributed by atoms with Gasteiger partial charge in [-0.15, -0.1) is 0 Å². The number of carboxylic acid groups (broad SMARTS) is 1. The summed E-state index contributed by atoms with van der Waals surface area (Å²) in [5, 5.41) is 20.1. The molecule has 8 heteroatoms. The number of nitro benzene ring substituents is 1. The Morgan fingerprint density at radius 3 is 2.75 bits per heavy atom. The van der Waals surface area contributed by atoms with Gasteiger partial charge in [-0.25, -0.2) is 0 Å². The molecule has 3 N–H and O–H groups in total. The third-order valence-corrected chi connectivity index (χ3v) is 3.78. The number of carboxylic acids is 1. The van der Waals surface area contributed by atoms with Crippen molar-refractivity contribution < 1.29 is 19.6 Å². The second-order valence-corrected chi connectivity index (χ2v) is 5.69. The van der Waals surface area contributed by atoms with E-state index in [1.165, 1.54) is 12.1 Å². The normalized spacial score (nSPS) is 17.3. The van der Waals surface area contributed by atoms with Crippen molar-refractivity contribution in [2.24, 2.45) is 11.7 Å². The van der Waals surface area contributed by atoms with Gasteiger partial charge in [0, 0.05) is 10.5 Å². The first-order valence-corrected chi connectivity index (χ1v) is 6.73. The number of hydrogen-bond donors (Lipinski definition) is 2. The first-order chi connectivity index (χ1) is 9.34. The molecule has 1 aromatic carbocycles. The van der Waals surface area contributed by atoms with Gasteiger partial charge in [0.2, 0.25) is 0 Å². The lowest BCUT2D eigenvalue weighted by atomic mass is 9.96. The average Bonchev–Trinajstić information content (AvgIpc) is 3.21. The van der Waals surface area contributed by atoms with E-state index in [9.17, 15) is 20.0 Å². The van der Waals surface area contributed by atoms with Crippen molar-refractivity contribution in [2.45, 2.75) is 18.4 Å². The highest BCUT2D eigenvalue weighted by Gasteiger charge is 2.49. The van der Waals surface area contributed by atoms with Gasteiger partial charge >= 0.3 is 11.7 Å². The van der Waals surface area contributed by atoms with Gasteiger partial charge in [0.25, 0.3) is 0 Å². The van der Waals surface area contributed by atoms with E-state index >= 15 is 0 Å². The molecule has 0 aliphatic heterocycles. The number of hydrogen-bond acceptors (Lipinski definition) is 5. The van der Waals surface area contributed by atoms with E-state index in [1.54, 1.807) is 6.07 Å². The molecule has 20 heavy (non-hydrogen) atoms. The van der Waals surface area contributed by atoms with Crippen LogP contribution in [0.3, 0.4) is 0 Å². The molecule has 1 aliphatic rings. The number of benzene rings is 1. The number of ether oxygens (including phenoxy) is 1. The first kappa shape index (κ1) is 14.7. The standard InChI is InChI=1S/C12H13BrN2O5/c13-8-3-4-10(9(5-8)15(18)19)20-6-12(14,11(16)17)7-1-2-7/h3-5,7H,1-2,6,14H2,(H,16,17). The third-order valence-electron chi connectivity index (χ3n) is 3.29. The lowest BCUT2D eigenvalue weighted by Gasteiger charge is -2.24. The van der Waals surface area contributed by atoms with Crippen LogP contribution in [0.2, 0.25) is 0 Å². The van der Waals surface area contributed by atoms with Crippen molar-refractivity contribution >= 4 is 27.6 Å². The largest absolute Gasteiger partial charge is 0.484 e. The van der Waals surface area contributed by atoms with Crippen molar-refractivity contribution in [2.75, 3.05) is 6.61 Å². The third kappa shape index (κ3) is 2.91. The maximum absolute atomic E-state index is 11.3. The van der Waals surface area contributed by atoms with E-state index in [0.29, 0.717) is 4.47 Å². The number of nitrogens with two attached hydrogens (primary N) is 1. The molecule has 0 saturated heterocycles. The van der Waals surface area contributed by atoms with Gasteiger partial charge in [0.05, 0.1) is 4.92 Å². The molecule has 1 fully saturated rings. The Balaban J connectivity index is 2.18. The van der Waals surface area contributed by atoms with E-state index in [1.807, 2.05) is 0 Å². The van der Waals surface area contributed by atoms with E-state index in [4.69, 9.17) is 10.5 Å². The van der Waals surface area contributed by atoms with Gasteiger partial charge in [0.1, 0.15) is 6.61 Å². The maximum atomic E-state index is 11.3. The van der Waals surface area contributed by atoms with Gasteiger partial charge in [-0.1, -0.05) is 15.9 Å². The van der Waals surface area contributed by atoms with Crippen LogP contribution in [0.25, 0.3) is 0 Å². The zero-order chi connectivity index (χ0) is 14.9. The minimum Gasteiger partial charge on any atom is -0.484 e. The van der Waals surface area contributed by atoms with Crippen LogP contribution in [0.4, 0.5) is 5.69 Å². The van der Waals surface area contributed by atoms with Gasteiger partial charge in [0.15, 0.2) is 11.3 Å². The molecule has 1 aliphatic carbocycles. The van der Waals surface area contributed by atoms with Crippen LogP contribution >= 0.6 is 15.9 Å². The highest BCUT2D eigenvalue weighted by Crippen LogP contribution is 2.39. The minimum atomic E-state index is -1.50. The van der Waals surface area contributed by atoms with Crippen LogP contribution < -0.4 is 10.5 Å². The smallest absolute Gasteiger partial charge is 0.327 e. The highest BCUT2D eigenvalue weighted by molar-refractivity contribution is 9.10. The fourth-order valence-corrected chi connectivity index (χ4v) is 2.25. The van der Waals surface area contributed by atoms with E-state index < -0.39 is 16.4 Å². The van der Waals surface area contributed by atoms with Crippen LogP contribution in [0.1, 0.15) is 12.8 Å². The van der Waals surface area contributed by atoms with Crippen molar-refractivity contribution in [3.63, 3.8) is 0 Å².